The summed E-state index contributed by atoms with van der Waals surface area (Å²) in [5.41, 5.74) is 3.23. The SMILES string of the molecule is CC(=O)C1CCC2C3CC(C)C4=CC(=O)CCC4(C)C3=CCC12C. The summed E-state index contributed by atoms with van der Waals surface area (Å²) in [5, 5.41) is 0. The van der Waals surface area contributed by atoms with Gasteiger partial charge >= 0.3 is 0 Å². The maximum absolute atomic E-state index is 12.2. The monoisotopic (exact) mass is 326 g/mol. The van der Waals surface area contributed by atoms with Crippen LogP contribution in [0.25, 0.3) is 0 Å². The largest absolute Gasteiger partial charge is 0.300 e. The third-order valence-corrected chi connectivity index (χ3v) is 8.15. The van der Waals surface area contributed by atoms with Crippen molar-refractivity contribution < 1.29 is 9.59 Å². The first-order chi connectivity index (χ1) is 11.3. The maximum atomic E-state index is 12.2. The summed E-state index contributed by atoms with van der Waals surface area (Å²) in [6, 6.07) is 0. The Balaban J connectivity index is 1.78. The van der Waals surface area contributed by atoms with Gasteiger partial charge in [-0.2, -0.15) is 0 Å². The molecule has 0 bridgehead atoms. The van der Waals surface area contributed by atoms with Crippen LogP contribution in [0.2, 0.25) is 0 Å². The van der Waals surface area contributed by atoms with E-state index in [0.29, 0.717) is 35.7 Å². The molecule has 0 saturated heterocycles. The van der Waals surface area contributed by atoms with Gasteiger partial charge in [-0.3, -0.25) is 9.59 Å². The number of carbonyl (C=O) groups excluding carboxylic acids is 2. The van der Waals surface area contributed by atoms with E-state index in [0.717, 1.165) is 25.7 Å². The third kappa shape index (κ3) is 2.01. The minimum atomic E-state index is 0.0892. The Morgan fingerprint density at radius 2 is 1.96 bits per heavy atom. The van der Waals surface area contributed by atoms with Gasteiger partial charge in [-0.05, 0) is 68.3 Å². The zero-order valence-electron chi connectivity index (χ0n) is 15.5. The van der Waals surface area contributed by atoms with Gasteiger partial charge in [-0.15, -0.1) is 0 Å². The van der Waals surface area contributed by atoms with Crippen LogP contribution in [-0.2, 0) is 9.59 Å². The first kappa shape index (κ1) is 16.3. The highest BCUT2D eigenvalue weighted by atomic mass is 16.1. The summed E-state index contributed by atoms with van der Waals surface area (Å²) in [4.78, 5) is 24.2. The third-order valence-electron chi connectivity index (χ3n) is 8.15. The Morgan fingerprint density at radius 3 is 2.67 bits per heavy atom. The smallest absolute Gasteiger partial charge is 0.155 e. The highest BCUT2D eigenvalue weighted by Crippen LogP contribution is 2.65. The molecule has 4 aliphatic carbocycles. The van der Waals surface area contributed by atoms with Crippen molar-refractivity contribution in [3.05, 3.63) is 23.3 Å². The maximum Gasteiger partial charge on any atom is 0.155 e. The Bertz CT molecular complexity index is 669. The molecule has 0 spiro atoms. The van der Waals surface area contributed by atoms with Crippen LogP contribution in [0.5, 0.6) is 0 Å². The van der Waals surface area contributed by atoms with Gasteiger partial charge in [0.05, 0.1) is 0 Å². The van der Waals surface area contributed by atoms with E-state index in [1.807, 2.05) is 6.08 Å². The standard InChI is InChI=1S/C22H30O2/c1-13-11-16-18-6-5-17(14(2)23)21(18,3)10-8-19(16)22(4)9-7-15(24)12-20(13)22/h8,12-13,16-18H,5-7,9-11H2,1-4H3. The molecule has 0 heterocycles. The second kappa shape index (κ2) is 5.16. The van der Waals surface area contributed by atoms with Crippen molar-refractivity contribution in [1.29, 1.82) is 0 Å². The quantitative estimate of drug-likeness (QED) is 0.643. The van der Waals surface area contributed by atoms with Crippen molar-refractivity contribution in [1.82, 2.24) is 0 Å². The van der Waals surface area contributed by atoms with Crippen molar-refractivity contribution in [3.8, 4) is 0 Å². The Kier molecular flexibility index (Phi) is 3.50. The van der Waals surface area contributed by atoms with E-state index in [-0.39, 0.29) is 16.7 Å². The molecule has 0 aliphatic heterocycles. The molecule has 130 valence electrons. The zero-order chi connectivity index (χ0) is 17.3. The molecule has 4 aliphatic rings. The van der Waals surface area contributed by atoms with E-state index >= 15 is 0 Å². The minimum absolute atomic E-state index is 0.0892. The van der Waals surface area contributed by atoms with Gasteiger partial charge in [0.1, 0.15) is 5.78 Å². The van der Waals surface area contributed by atoms with E-state index in [2.05, 4.69) is 26.8 Å². The first-order valence-corrected chi connectivity index (χ1v) is 9.73. The van der Waals surface area contributed by atoms with Crippen molar-refractivity contribution >= 4 is 11.6 Å². The molecule has 0 aromatic heterocycles. The molecular formula is C22H30O2. The molecule has 0 amide bonds. The second-order valence-electron chi connectivity index (χ2n) is 9.36. The van der Waals surface area contributed by atoms with Crippen molar-refractivity contribution in [2.45, 2.75) is 66.2 Å². The molecule has 6 unspecified atom stereocenters. The van der Waals surface area contributed by atoms with Gasteiger partial charge in [0.2, 0.25) is 0 Å². The number of allylic oxidation sites excluding steroid dienone is 4. The van der Waals surface area contributed by atoms with Crippen LogP contribution in [0.1, 0.15) is 66.2 Å². The number of rotatable bonds is 1. The predicted octanol–water partition coefficient (Wildman–Crippen LogP) is 4.89. The molecule has 2 nitrogen and oxygen atoms in total. The van der Waals surface area contributed by atoms with Crippen LogP contribution in [-0.4, -0.2) is 11.6 Å². The topological polar surface area (TPSA) is 34.1 Å². The Morgan fingerprint density at radius 1 is 1.21 bits per heavy atom. The van der Waals surface area contributed by atoms with Crippen LogP contribution < -0.4 is 0 Å². The van der Waals surface area contributed by atoms with Crippen molar-refractivity contribution in [3.63, 3.8) is 0 Å². The van der Waals surface area contributed by atoms with Gasteiger partial charge in [0, 0.05) is 17.8 Å². The molecule has 2 saturated carbocycles. The van der Waals surface area contributed by atoms with E-state index < -0.39 is 0 Å². The Labute approximate surface area is 145 Å². The summed E-state index contributed by atoms with van der Waals surface area (Å²) >= 11 is 0. The zero-order valence-corrected chi connectivity index (χ0v) is 15.5. The predicted molar refractivity (Wildman–Crippen MR) is 95.4 cm³/mol. The fraction of sp³-hybridized carbons (Fsp3) is 0.727. The Hall–Kier alpha value is -1.18. The normalized spacial score (nSPS) is 47.2. The number of fused-ring (bicyclic) bond motifs is 5. The number of hydrogen-bond acceptors (Lipinski definition) is 2. The lowest BCUT2D eigenvalue weighted by Crippen LogP contribution is -2.47. The van der Waals surface area contributed by atoms with E-state index in [9.17, 15) is 9.59 Å². The van der Waals surface area contributed by atoms with Gasteiger partial charge in [0.25, 0.3) is 0 Å². The van der Waals surface area contributed by atoms with Crippen molar-refractivity contribution in [2.24, 2.45) is 34.5 Å². The minimum Gasteiger partial charge on any atom is -0.300 e. The molecule has 0 N–H and O–H groups in total. The average molecular weight is 326 g/mol. The highest BCUT2D eigenvalue weighted by molar-refractivity contribution is 5.92. The highest BCUT2D eigenvalue weighted by Gasteiger charge is 2.57. The molecule has 2 fully saturated rings. The van der Waals surface area contributed by atoms with Crippen LogP contribution in [0.4, 0.5) is 0 Å². The number of ketones is 2. The fourth-order valence-electron chi connectivity index (χ4n) is 6.94. The molecule has 0 radical (unpaired) electrons. The van der Waals surface area contributed by atoms with E-state index in [4.69, 9.17) is 0 Å². The summed E-state index contributed by atoms with van der Waals surface area (Å²) < 4.78 is 0. The summed E-state index contributed by atoms with van der Waals surface area (Å²) in [6.07, 6.45) is 10.6. The van der Waals surface area contributed by atoms with Crippen LogP contribution in [0.15, 0.2) is 23.3 Å². The van der Waals surface area contributed by atoms with Crippen molar-refractivity contribution in [2.75, 3.05) is 0 Å². The molecule has 6 atom stereocenters. The van der Waals surface area contributed by atoms with E-state index in [1.165, 1.54) is 12.0 Å². The molecule has 4 rings (SSSR count). The summed E-state index contributed by atoms with van der Waals surface area (Å²) in [5.74, 6) is 2.68. The first-order valence-electron chi connectivity index (χ1n) is 9.73. The van der Waals surface area contributed by atoms with Gasteiger partial charge in [0.15, 0.2) is 5.78 Å². The number of Topliss-reactive ketones (excluding diaryl/α,β-unsaturated/α-hetero) is 1. The van der Waals surface area contributed by atoms with Gasteiger partial charge in [-0.1, -0.05) is 38.0 Å². The van der Waals surface area contributed by atoms with Gasteiger partial charge in [-0.25, -0.2) is 0 Å². The second-order valence-corrected chi connectivity index (χ2v) is 9.36. The fourth-order valence-corrected chi connectivity index (χ4v) is 6.94. The van der Waals surface area contributed by atoms with Crippen LogP contribution >= 0.6 is 0 Å². The lowest BCUT2D eigenvalue weighted by atomic mass is 9.49. The molecule has 2 heteroatoms. The molecule has 0 aromatic rings. The summed E-state index contributed by atoms with van der Waals surface area (Å²) in [7, 11) is 0. The van der Waals surface area contributed by atoms with Crippen LogP contribution in [0, 0.1) is 34.5 Å². The van der Waals surface area contributed by atoms with Gasteiger partial charge < -0.3 is 0 Å². The molecule has 0 aromatic carbocycles. The molecular weight excluding hydrogens is 296 g/mol. The average Bonchev–Trinajstić information content (AvgIpc) is 2.87. The summed E-state index contributed by atoms with van der Waals surface area (Å²) in [6.45, 7) is 8.84. The van der Waals surface area contributed by atoms with E-state index in [1.54, 1.807) is 12.5 Å². The number of hydrogen-bond donors (Lipinski definition) is 0. The molecule has 24 heavy (non-hydrogen) atoms. The lowest BCUT2D eigenvalue weighted by molar-refractivity contribution is -0.124. The number of carbonyl (C=O) groups is 2. The lowest BCUT2D eigenvalue weighted by Gasteiger charge is -2.55. The van der Waals surface area contributed by atoms with Crippen LogP contribution in [0.3, 0.4) is 0 Å².